The number of amides is 2. The lowest BCUT2D eigenvalue weighted by molar-refractivity contribution is 0.243. The van der Waals surface area contributed by atoms with Crippen molar-refractivity contribution in [2.24, 2.45) is 5.92 Å². The summed E-state index contributed by atoms with van der Waals surface area (Å²) in [6, 6.07) is 13.5. The van der Waals surface area contributed by atoms with Crippen LogP contribution in [0.3, 0.4) is 0 Å². The fourth-order valence-corrected chi connectivity index (χ4v) is 4.19. The largest absolute Gasteiger partial charge is 0.328 e. The topological polar surface area (TPSA) is 84.2 Å². The maximum absolute atomic E-state index is 12.7. The number of benzene rings is 1. The van der Waals surface area contributed by atoms with Crippen LogP contribution in [0, 0.1) is 12.8 Å². The minimum absolute atomic E-state index is 0.136. The number of carbonyl (C=O) groups excluding carboxylic acids is 1. The second kappa shape index (κ2) is 8.62. The maximum atomic E-state index is 12.7. The van der Waals surface area contributed by atoms with Crippen LogP contribution in [0.2, 0.25) is 0 Å². The molecule has 4 aromatic rings. The second-order valence-electron chi connectivity index (χ2n) is 7.60. The van der Waals surface area contributed by atoms with Crippen LogP contribution >= 0.6 is 11.3 Å². The molecule has 0 unspecified atom stereocenters. The Hall–Kier alpha value is -3.26. The van der Waals surface area contributed by atoms with Crippen LogP contribution in [-0.4, -0.2) is 25.6 Å². The Morgan fingerprint density at radius 2 is 2.03 bits per heavy atom. The van der Waals surface area contributed by atoms with E-state index in [-0.39, 0.29) is 18.0 Å². The van der Waals surface area contributed by atoms with Gasteiger partial charge in [-0.25, -0.2) is 9.78 Å². The number of hydrogen-bond donors (Lipinski definition) is 2. The highest BCUT2D eigenvalue weighted by atomic mass is 32.1. The van der Waals surface area contributed by atoms with Gasteiger partial charge in [-0.1, -0.05) is 49.7 Å². The summed E-state index contributed by atoms with van der Waals surface area (Å²) in [4.78, 5) is 18.1. The number of anilines is 1. The third-order valence-electron chi connectivity index (χ3n) is 4.81. The smallest absolute Gasteiger partial charge is 0.321 e. The van der Waals surface area contributed by atoms with Crippen molar-refractivity contribution < 1.29 is 4.79 Å². The third kappa shape index (κ3) is 4.49. The van der Waals surface area contributed by atoms with Gasteiger partial charge >= 0.3 is 6.03 Å². The Balaban J connectivity index is 1.44. The Labute approximate surface area is 179 Å². The molecule has 3 aromatic heterocycles. The lowest BCUT2D eigenvalue weighted by Crippen LogP contribution is -2.36. The number of pyridine rings is 1. The van der Waals surface area contributed by atoms with Crippen LogP contribution in [0.15, 0.2) is 54.9 Å². The van der Waals surface area contributed by atoms with Crippen molar-refractivity contribution in [2.75, 3.05) is 5.32 Å². The average Bonchev–Trinajstić information content (AvgIpc) is 3.33. The highest BCUT2D eigenvalue weighted by Gasteiger charge is 2.24. The van der Waals surface area contributed by atoms with Crippen LogP contribution in [-0.2, 0) is 6.42 Å². The van der Waals surface area contributed by atoms with Gasteiger partial charge in [-0.15, -0.1) is 21.5 Å². The van der Waals surface area contributed by atoms with E-state index in [1.54, 1.807) is 0 Å². The molecule has 0 aliphatic carbocycles. The van der Waals surface area contributed by atoms with Crippen LogP contribution in [0.5, 0.6) is 0 Å². The summed E-state index contributed by atoms with van der Waals surface area (Å²) >= 11 is 1.48. The van der Waals surface area contributed by atoms with Gasteiger partial charge in [0, 0.05) is 23.7 Å². The van der Waals surface area contributed by atoms with Crippen LogP contribution < -0.4 is 10.6 Å². The van der Waals surface area contributed by atoms with Gasteiger partial charge in [0.1, 0.15) is 0 Å². The number of nitrogens with zero attached hydrogens (tertiary/aromatic N) is 4. The van der Waals surface area contributed by atoms with E-state index >= 15 is 0 Å². The standard InChI is InChI=1S/C22H24N6OS/c1-14(2)19(20-27-26-18-9-4-5-10-28(18)20)24-21(29)25-22-23-13-17(30-22)12-16-8-6-7-15(3)11-16/h4-11,13-14,19H,12H2,1-3H3,(H2,23,24,25,29)/t19-/m0/s1. The Morgan fingerprint density at radius 3 is 2.83 bits per heavy atom. The van der Waals surface area contributed by atoms with Gasteiger partial charge in [0.2, 0.25) is 0 Å². The van der Waals surface area contributed by atoms with Gasteiger partial charge in [0.25, 0.3) is 0 Å². The van der Waals surface area contributed by atoms with E-state index in [0.717, 1.165) is 16.9 Å². The minimum atomic E-state index is -0.308. The van der Waals surface area contributed by atoms with Gasteiger partial charge in [-0.2, -0.15) is 0 Å². The summed E-state index contributed by atoms with van der Waals surface area (Å²) in [6.45, 7) is 6.16. The van der Waals surface area contributed by atoms with E-state index in [9.17, 15) is 4.79 Å². The zero-order valence-corrected chi connectivity index (χ0v) is 18.0. The van der Waals surface area contributed by atoms with Gasteiger partial charge < -0.3 is 5.32 Å². The van der Waals surface area contributed by atoms with Gasteiger partial charge in [-0.05, 0) is 30.5 Å². The van der Waals surface area contributed by atoms with E-state index < -0.39 is 0 Å². The number of thiazole rings is 1. The third-order valence-corrected chi connectivity index (χ3v) is 5.72. The van der Waals surface area contributed by atoms with Gasteiger partial charge in [0.05, 0.1) is 6.04 Å². The first-order valence-electron chi connectivity index (χ1n) is 9.87. The van der Waals surface area contributed by atoms with Gasteiger partial charge in [-0.3, -0.25) is 9.72 Å². The molecular weight excluding hydrogens is 396 g/mol. The van der Waals surface area contributed by atoms with E-state index in [1.165, 1.54) is 22.5 Å². The molecule has 2 amide bonds. The zero-order valence-electron chi connectivity index (χ0n) is 17.2. The molecule has 0 spiro atoms. The molecule has 4 rings (SSSR count). The molecule has 0 radical (unpaired) electrons. The number of hydrogen-bond acceptors (Lipinski definition) is 5. The lowest BCUT2D eigenvalue weighted by atomic mass is 10.0. The molecule has 1 aromatic carbocycles. The highest BCUT2D eigenvalue weighted by molar-refractivity contribution is 7.15. The van der Waals surface area contributed by atoms with E-state index in [1.807, 2.05) is 48.8 Å². The molecular formula is C22H24N6OS. The molecule has 1 atom stereocenters. The molecule has 3 heterocycles. The number of aryl methyl sites for hydroxylation is 1. The van der Waals surface area contributed by atoms with Crippen LogP contribution in [0.4, 0.5) is 9.93 Å². The monoisotopic (exact) mass is 420 g/mol. The SMILES string of the molecule is Cc1cccc(Cc2cnc(NC(=O)N[C@H](c3nnc4ccccn34)C(C)C)s2)c1. The molecule has 0 aliphatic heterocycles. The molecule has 154 valence electrons. The van der Waals surface area contributed by atoms with Crippen molar-refractivity contribution in [3.63, 3.8) is 0 Å². The Bertz CT molecular complexity index is 1170. The second-order valence-corrected chi connectivity index (χ2v) is 8.72. The van der Waals surface area contributed by atoms with Crippen molar-refractivity contribution in [2.45, 2.75) is 33.2 Å². The molecule has 2 N–H and O–H groups in total. The number of rotatable bonds is 6. The van der Waals surface area contributed by atoms with Crippen molar-refractivity contribution in [3.05, 3.63) is 76.7 Å². The highest BCUT2D eigenvalue weighted by Crippen LogP contribution is 2.23. The summed E-state index contributed by atoms with van der Waals surface area (Å²) in [5.41, 5.74) is 3.21. The predicted octanol–water partition coefficient (Wildman–Crippen LogP) is 4.60. The normalized spacial score (nSPS) is 12.3. The molecule has 30 heavy (non-hydrogen) atoms. The average molecular weight is 421 g/mol. The number of aromatic nitrogens is 4. The van der Waals surface area contributed by atoms with Crippen molar-refractivity contribution in [3.8, 4) is 0 Å². The molecule has 0 fully saturated rings. The summed E-state index contributed by atoms with van der Waals surface area (Å²) in [6.07, 6.45) is 4.51. The van der Waals surface area contributed by atoms with Crippen LogP contribution in [0.25, 0.3) is 5.65 Å². The Morgan fingerprint density at radius 1 is 1.17 bits per heavy atom. The van der Waals surface area contributed by atoms with Crippen molar-refractivity contribution in [1.82, 2.24) is 24.9 Å². The quantitative estimate of drug-likeness (QED) is 0.477. The lowest BCUT2D eigenvalue weighted by Gasteiger charge is -2.20. The van der Waals surface area contributed by atoms with Crippen molar-refractivity contribution in [1.29, 1.82) is 0 Å². The summed E-state index contributed by atoms with van der Waals surface area (Å²) in [5.74, 6) is 0.839. The predicted molar refractivity (Wildman–Crippen MR) is 119 cm³/mol. The fraction of sp³-hybridized carbons (Fsp3) is 0.273. The van der Waals surface area contributed by atoms with E-state index in [2.05, 4.69) is 57.0 Å². The molecule has 0 saturated carbocycles. The maximum Gasteiger partial charge on any atom is 0.321 e. The number of fused-ring (bicyclic) bond motifs is 1. The first kappa shape index (κ1) is 20.0. The van der Waals surface area contributed by atoms with E-state index in [4.69, 9.17) is 0 Å². The first-order valence-corrected chi connectivity index (χ1v) is 10.7. The van der Waals surface area contributed by atoms with Crippen LogP contribution in [0.1, 0.15) is 41.7 Å². The number of nitrogens with one attached hydrogen (secondary N) is 2. The van der Waals surface area contributed by atoms with E-state index in [0.29, 0.717) is 11.0 Å². The Kier molecular flexibility index (Phi) is 5.76. The number of carbonyl (C=O) groups is 1. The summed E-state index contributed by atoms with van der Waals surface area (Å²) < 4.78 is 1.90. The molecule has 0 bridgehead atoms. The molecule has 7 nitrogen and oxygen atoms in total. The summed E-state index contributed by atoms with van der Waals surface area (Å²) in [7, 11) is 0. The summed E-state index contributed by atoms with van der Waals surface area (Å²) in [5, 5.41) is 14.9. The fourth-order valence-electron chi connectivity index (χ4n) is 3.35. The molecule has 0 aliphatic rings. The zero-order chi connectivity index (χ0) is 21.1. The molecule has 8 heteroatoms. The van der Waals surface area contributed by atoms with Crippen molar-refractivity contribution >= 4 is 28.1 Å². The minimum Gasteiger partial charge on any atom is -0.328 e. The first-order chi connectivity index (χ1) is 14.5. The molecule has 0 saturated heterocycles. The van der Waals surface area contributed by atoms with Gasteiger partial charge in [0.15, 0.2) is 16.6 Å². The number of urea groups is 1.